The van der Waals surface area contributed by atoms with Gasteiger partial charge in [0, 0.05) is 42.6 Å². The lowest BCUT2D eigenvalue weighted by Gasteiger charge is -2.59. The lowest BCUT2D eigenvalue weighted by Crippen LogP contribution is -2.70. The first kappa shape index (κ1) is 44.5. The van der Waals surface area contributed by atoms with Gasteiger partial charge in [-0.25, -0.2) is 4.79 Å². The Morgan fingerprint density at radius 1 is 1.03 bits per heavy atom. The second-order valence-corrected chi connectivity index (χ2v) is 16.6. The Labute approximate surface area is 358 Å². The van der Waals surface area contributed by atoms with Gasteiger partial charge in [-0.2, -0.15) is 0 Å². The van der Waals surface area contributed by atoms with Crippen LogP contribution < -0.4 is 9.47 Å². The van der Waals surface area contributed by atoms with E-state index in [0.29, 0.717) is 37.3 Å². The fourth-order valence-corrected chi connectivity index (χ4v) is 9.56. The van der Waals surface area contributed by atoms with Crippen LogP contribution in [0.5, 0.6) is 17.2 Å². The van der Waals surface area contributed by atoms with Crippen molar-refractivity contribution in [1.29, 1.82) is 0 Å². The molecule has 1 amide bonds. The largest absolute Gasteiger partial charge is 0.459 e. The standard InChI is InChI=1S/C47H59ClN2O8S/c1-4-24-50(46(53)54-28-23-48)43-31-41(49-56-32-33-13-7-6-8-14-33)39-29-34(15-9-11-25-51)38(16-10-12-26-52)44-40-30-36(57-35-17-20-37(59-3)21-18-35)19-22-42(40)58-47(43,45(39)44)55-27-5-2/h5-8,13-14,17-22,29-30,34,38,43-45,51-52H,2,4,9-12,15-16,23-28,31-32H2,1,3H3/t34-,38+,43-,44+,45+,47+/m0/s1. The smallest absolute Gasteiger partial charge is 0.410 e. The number of allylic oxidation sites excluding steroid dienone is 1. The van der Waals surface area contributed by atoms with Crippen molar-refractivity contribution in [3.05, 3.63) is 108 Å². The van der Waals surface area contributed by atoms with E-state index in [-0.39, 0.29) is 63.1 Å². The summed E-state index contributed by atoms with van der Waals surface area (Å²) in [5.41, 5.74) is 3.65. The molecule has 318 valence electrons. The summed E-state index contributed by atoms with van der Waals surface area (Å²) >= 11 is 7.71. The van der Waals surface area contributed by atoms with E-state index in [2.05, 4.69) is 18.7 Å². The molecule has 1 heterocycles. The molecule has 6 rings (SSSR count). The maximum atomic E-state index is 14.1. The van der Waals surface area contributed by atoms with Gasteiger partial charge in [0.2, 0.25) is 5.79 Å². The van der Waals surface area contributed by atoms with Crippen LogP contribution in [-0.4, -0.2) is 83.9 Å². The molecule has 2 aliphatic carbocycles. The molecular formula is C47H59ClN2O8S. The highest BCUT2D eigenvalue weighted by Crippen LogP contribution is 2.62. The minimum atomic E-state index is -1.38. The molecule has 1 aliphatic heterocycles. The average molecular weight is 848 g/mol. The lowest BCUT2D eigenvalue weighted by atomic mass is 9.55. The molecule has 3 aromatic rings. The Bertz CT molecular complexity index is 1880. The molecule has 12 heteroatoms. The number of hydrogen-bond acceptors (Lipinski definition) is 10. The van der Waals surface area contributed by atoms with E-state index < -0.39 is 23.8 Å². The molecule has 0 radical (unpaired) electrons. The molecule has 59 heavy (non-hydrogen) atoms. The minimum absolute atomic E-state index is 0.0567. The molecule has 3 aliphatic rings. The topological polar surface area (TPSA) is 119 Å². The average Bonchev–Trinajstić information content (AvgIpc) is 3.26. The number of hydrogen-bond donors (Lipinski definition) is 2. The number of ether oxygens (including phenoxy) is 4. The fourth-order valence-electron chi connectivity index (χ4n) is 9.07. The van der Waals surface area contributed by atoms with E-state index in [1.165, 1.54) is 0 Å². The van der Waals surface area contributed by atoms with Crippen molar-refractivity contribution in [3.63, 3.8) is 0 Å². The summed E-state index contributed by atoms with van der Waals surface area (Å²) in [5, 5.41) is 24.7. The maximum Gasteiger partial charge on any atom is 0.410 e. The van der Waals surface area contributed by atoms with Gasteiger partial charge in [-0.05, 0) is 104 Å². The Balaban J connectivity index is 1.56. The molecule has 0 unspecified atom stereocenters. The van der Waals surface area contributed by atoms with Gasteiger partial charge < -0.3 is 34.0 Å². The van der Waals surface area contributed by atoms with E-state index in [9.17, 15) is 15.0 Å². The van der Waals surface area contributed by atoms with E-state index in [0.717, 1.165) is 58.7 Å². The number of amides is 1. The number of rotatable bonds is 22. The zero-order valence-electron chi connectivity index (χ0n) is 34.3. The number of carbonyl (C=O) groups is 1. The van der Waals surface area contributed by atoms with Crippen molar-refractivity contribution in [2.24, 2.45) is 22.9 Å². The van der Waals surface area contributed by atoms with Crippen molar-refractivity contribution in [1.82, 2.24) is 4.90 Å². The number of nitrogens with zero attached hydrogens (tertiary/aromatic N) is 2. The number of alkyl halides is 1. The van der Waals surface area contributed by atoms with Crippen LogP contribution in [0.1, 0.15) is 75.3 Å². The maximum absolute atomic E-state index is 14.1. The van der Waals surface area contributed by atoms with Crippen molar-refractivity contribution < 1.29 is 38.8 Å². The van der Waals surface area contributed by atoms with Crippen LogP contribution in [0.25, 0.3) is 0 Å². The highest BCUT2D eigenvalue weighted by molar-refractivity contribution is 7.98. The van der Waals surface area contributed by atoms with E-state index in [1.54, 1.807) is 22.7 Å². The highest BCUT2D eigenvalue weighted by atomic mass is 35.5. The van der Waals surface area contributed by atoms with Crippen LogP contribution in [0.2, 0.25) is 0 Å². The highest BCUT2D eigenvalue weighted by Gasteiger charge is 2.65. The van der Waals surface area contributed by atoms with Gasteiger partial charge >= 0.3 is 6.09 Å². The third-order valence-electron chi connectivity index (χ3n) is 11.6. The number of halogens is 1. The number of fused-ring (bicyclic) bond motifs is 2. The van der Waals surface area contributed by atoms with Gasteiger partial charge in [-0.15, -0.1) is 29.9 Å². The third-order valence-corrected chi connectivity index (χ3v) is 12.5. The number of aliphatic hydroxyl groups is 2. The van der Waals surface area contributed by atoms with Crippen LogP contribution in [0, 0.1) is 17.8 Å². The van der Waals surface area contributed by atoms with Crippen molar-refractivity contribution in [2.75, 3.05) is 45.1 Å². The van der Waals surface area contributed by atoms with Crippen LogP contribution in [-0.2, 0) is 20.9 Å². The Morgan fingerprint density at radius 3 is 2.47 bits per heavy atom. The molecule has 10 nitrogen and oxygen atoms in total. The Kier molecular flexibility index (Phi) is 16.6. The molecule has 0 aromatic heterocycles. The molecule has 1 fully saturated rings. The van der Waals surface area contributed by atoms with Crippen molar-refractivity contribution in [2.45, 2.75) is 87.5 Å². The first-order valence-corrected chi connectivity index (χ1v) is 22.7. The number of benzene rings is 3. The molecule has 3 aromatic carbocycles. The van der Waals surface area contributed by atoms with Crippen LogP contribution >= 0.6 is 23.4 Å². The monoisotopic (exact) mass is 846 g/mol. The number of thioether (sulfide) groups is 1. The zero-order chi connectivity index (χ0) is 41.6. The van der Waals surface area contributed by atoms with Crippen LogP contribution in [0.15, 0.2) is 107 Å². The fraction of sp³-hybridized carbons (Fsp3) is 0.489. The third kappa shape index (κ3) is 10.5. The predicted molar refractivity (Wildman–Crippen MR) is 234 cm³/mol. The Morgan fingerprint density at radius 2 is 1.78 bits per heavy atom. The second-order valence-electron chi connectivity index (χ2n) is 15.3. The number of unbranched alkanes of at least 4 members (excludes halogenated alkanes) is 2. The molecule has 0 saturated heterocycles. The Hall–Kier alpha value is -4.00. The summed E-state index contributed by atoms with van der Waals surface area (Å²) in [4.78, 5) is 23.2. The SMILES string of the molecule is C=CCO[C@@]12Oc3ccc(Oc4ccc(SC)cc4)cc3[C@H]3[C@H](CCCCO)[C@@H](CCCCO)C=C(C(=NOCc4ccccc4)C[C@@H]1N(CCC)C(=O)OCCCl)[C@H]32. The van der Waals surface area contributed by atoms with Crippen LogP contribution in [0.4, 0.5) is 4.79 Å². The van der Waals surface area contributed by atoms with Gasteiger partial charge in [0.25, 0.3) is 0 Å². The van der Waals surface area contributed by atoms with E-state index in [1.807, 2.05) is 79.9 Å². The molecule has 1 saturated carbocycles. The first-order chi connectivity index (χ1) is 28.9. The number of aliphatic hydroxyl groups excluding tert-OH is 2. The van der Waals surface area contributed by atoms with Gasteiger partial charge in [0.05, 0.1) is 24.1 Å². The van der Waals surface area contributed by atoms with Crippen molar-refractivity contribution in [3.8, 4) is 17.2 Å². The summed E-state index contributed by atoms with van der Waals surface area (Å²) in [6.45, 7) is 7.13. The molecule has 2 N–H and O–H groups in total. The minimum Gasteiger partial charge on any atom is -0.459 e. The van der Waals surface area contributed by atoms with Crippen molar-refractivity contribution >= 4 is 35.2 Å². The summed E-state index contributed by atoms with van der Waals surface area (Å²) in [5.74, 6) is 0.372. The molecule has 6 atom stereocenters. The second kappa shape index (κ2) is 22.0. The normalized spacial score (nSPS) is 23.6. The summed E-state index contributed by atoms with van der Waals surface area (Å²) in [6.07, 6.45) is 11.2. The van der Waals surface area contributed by atoms with Gasteiger partial charge in [0.15, 0.2) is 0 Å². The molecular weight excluding hydrogens is 788 g/mol. The number of oxime groups is 1. The summed E-state index contributed by atoms with van der Waals surface area (Å²) < 4.78 is 26.6. The molecule has 0 bridgehead atoms. The lowest BCUT2D eigenvalue weighted by molar-refractivity contribution is -0.255. The van der Waals surface area contributed by atoms with Gasteiger partial charge in [0.1, 0.15) is 36.5 Å². The summed E-state index contributed by atoms with van der Waals surface area (Å²) in [6, 6.07) is 23.2. The first-order valence-electron chi connectivity index (χ1n) is 21.0. The predicted octanol–water partition coefficient (Wildman–Crippen LogP) is 10.1. The van der Waals surface area contributed by atoms with Gasteiger partial charge in [-0.1, -0.05) is 67.4 Å². The van der Waals surface area contributed by atoms with E-state index in [4.69, 9.17) is 40.5 Å². The zero-order valence-corrected chi connectivity index (χ0v) is 35.9. The summed E-state index contributed by atoms with van der Waals surface area (Å²) in [7, 11) is 0. The van der Waals surface area contributed by atoms with Gasteiger partial charge in [-0.3, -0.25) is 4.90 Å². The quantitative estimate of drug-likeness (QED) is 0.0335. The van der Waals surface area contributed by atoms with E-state index >= 15 is 0 Å². The molecule has 0 spiro atoms. The number of carbonyl (C=O) groups excluding carboxylic acids is 1. The van der Waals surface area contributed by atoms with Crippen LogP contribution in [0.3, 0.4) is 0 Å².